The smallest absolute Gasteiger partial charge is 0.180 e. The number of aromatic nitrogens is 5. The van der Waals surface area contributed by atoms with E-state index in [0.29, 0.717) is 0 Å². The van der Waals surface area contributed by atoms with Crippen molar-refractivity contribution in [2.45, 2.75) is 0 Å². The standard InChI is InChI=1S/C5H5N.C4H4N2.2C3H3NO/c1-2-4-6-5-3-1;1-2-5-4-6-3-1;1-2-5-3-4-1;1-2-4-5-3-1/h1-5H;1-4H;2*1-3H. The maximum absolute atomic E-state index is 4.47. The van der Waals surface area contributed by atoms with Gasteiger partial charge in [-0.25, -0.2) is 15.0 Å². The highest BCUT2D eigenvalue weighted by Crippen LogP contribution is 1.74. The average molecular weight is 297 g/mol. The topological polar surface area (TPSA) is 90.7 Å². The number of oxazole rings is 1. The zero-order chi connectivity index (χ0) is 15.6. The lowest BCUT2D eigenvalue weighted by molar-refractivity contribution is 0.420. The van der Waals surface area contributed by atoms with Crippen LogP contribution in [0, 0.1) is 0 Å². The third-order valence-corrected chi connectivity index (χ3v) is 1.74. The predicted octanol–water partition coefficient (Wildman–Crippen LogP) is 2.91. The van der Waals surface area contributed by atoms with Gasteiger partial charge in [0, 0.05) is 24.8 Å². The molecule has 0 bridgehead atoms. The van der Waals surface area contributed by atoms with Gasteiger partial charge in [-0.15, -0.1) is 0 Å². The van der Waals surface area contributed by atoms with E-state index in [9.17, 15) is 0 Å². The van der Waals surface area contributed by atoms with Crippen molar-refractivity contribution in [3.8, 4) is 0 Å². The molecule has 0 fully saturated rings. The monoisotopic (exact) mass is 297 g/mol. The summed E-state index contributed by atoms with van der Waals surface area (Å²) in [7, 11) is 0. The fourth-order valence-corrected chi connectivity index (χ4v) is 0.917. The van der Waals surface area contributed by atoms with E-state index in [4.69, 9.17) is 0 Å². The highest BCUT2D eigenvalue weighted by atomic mass is 16.5. The summed E-state index contributed by atoms with van der Waals surface area (Å²) in [6, 6.07) is 9.22. The van der Waals surface area contributed by atoms with Crippen molar-refractivity contribution in [2.75, 3.05) is 0 Å². The minimum absolute atomic E-state index is 1.38. The van der Waals surface area contributed by atoms with Gasteiger partial charge in [0.25, 0.3) is 0 Å². The number of rotatable bonds is 0. The van der Waals surface area contributed by atoms with Crippen LogP contribution in [0.1, 0.15) is 0 Å². The molecule has 0 aliphatic rings. The van der Waals surface area contributed by atoms with Crippen molar-refractivity contribution < 1.29 is 8.94 Å². The second-order valence-corrected chi connectivity index (χ2v) is 3.29. The van der Waals surface area contributed by atoms with Crippen LogP contribution < -0.4 is 0 Å². The maximum atomic E-state index is 4.47. The molecule has 0 aliphatic carbocycles. The van der Waals surface area contributed by atoms with Crippen molar-refractivity contribution >= 4 is 0 Å². The lowest BCUT2D eigenvalue weighted by Crippen LogP contribution is -1.66. The molecular formula is C15H15N5O2. The fourth-order valence-electron chi connectivity index (χ4n) is 0.917. The van der Waals surface area contributed by atoms with Crippen LogP contribution in [-0.4, -0.2) is 25.1 Å². The van der Waals surface area contributed by atoms with Gasteiger partial charge in [-0.3, -0.25) is 4.98 Å². The first-order valence-corrected chi connectivity index (χ1v) is 6.21. The molecular weight excluding hydrogens is 282 g/mol. The Kier molecular flexibility index (Phi) is 10.7. The molecule has 0 N–H and O–H groups in total. The molecule has 22 heavy (non-hydrogen) atoms. The molecule has 7 nitrogen and oxygen atoms in total. The Balaban J connectivity index is 0.000000147. The molecule has 0 spiro atoms. The average Bonchev–Trinajstić information content (AvgIpc) is 3.37. The summed E-state index contributed by atoms with van der Waals surface area (Å²) in [6.07, 6.45) is 15.9. The molecule has 0 unspecified atom stereocenters. The molecule has 4 heterocycles. The maximum Gasteiger partial charge on any atom is 0.180 e. The Bertz CT molecular complexity index is 455. The first kappa shape index (κ1) is 16.7. The summed E-state index contributed by atoms with van der Waals surface area (Å²) >= 11 is 0. The first-order chi connectivity index (χ1) is 11.0. The van der Waals surface area contributed by atoms with E-state index >= 15 is 0 Å². The molecule has 0 saturated heterocycles. The molecule has 0 aromatic carbocycles. The second kappa shape index (κ2) is 14.1. The number of hydrogen-bond donors (Lipinski definition) is 0. The predicted molar refractivity (Wildman–Crippen MR) is 79.3 cm³/mol. The van der Waals surface area contributed by atoms with E-state index in [2.05, 4.69) is 34.0 Å². The van der Waals surface area contributed by atoms with Crippen molar-refractivity contribution in [1.29, 1.82) is 0 Å². The van der Waals surface area contributed by atoms with Gasteiger partial charge in [-0.05, 0) is 24.3 Å². The SMILES string of the molecule is c1ccncc1.c1cncnc1.c1cnoc1.c1cocn1. The van der Waals surface area contributed by atoms with E-state index < -0.39 is 0 Å². The van der Waals surface area contributed by atoms with E-state index in [1.807, 2.05) is 18.2 Å². The van der Waals surface area contributed by atoms with Crippen molar-refractivity contribution in [3.05, 3.63) is 92.8 Å². The summed E-state index contributed by atoms with van der Waals surface area (Å²) in [6.45, 7) is 0. The molecule has 4 aromatic heterocycles. The number of hydrogen-bond acceptors (Lipinski definition) is 7. The van der Waals surface area contributed by atoms with Crippen LogP contribution in [0.25, 0.3) is 0 Å². The summed E-state index contributed by atoms with van der Waals surface area (Å²) in [5.74, 6) is 0. The Morgan fingerprint density at radius 3 is 1.50 bits per heavy atom. The van der Waals surface area contributed by atoms with Crippen LogP contribution >= 0.6 is 0 Å². The Hall–Kier alpha value is -3.35. The number of nitrogens with zero attached hydrogens (tertiary/aromatic N) is 5. The van der Waals surface area contributed by atoms with E-state index in [1.165, 1.54) is 25.2 Å². The molecule has 0 atom stereocenters. The molecule has 4 aromatic rings. The summed E-state index contributed by atoms with van der Waals surface area (Å²) < 4.78 is 8.81. The van der Waals surface area contributed by atoms with Gasteiger partial charge in [-0.2, -0.15) is 0 Å². The van der Waals surface area contributed by atoms with Crippen LogP contribution in [0.3, 0.4) is 0 Å². The fraction of sp³-hybridized carbons (Fsp3) is 0. The Labute approximate surface area is 127 Å². The van der Waals surface area contributed by atoms with Gasteiger partial charge in [-0.1, -0.05) is 11.2 Å². The van der Waals surface area contributed by atoms with Gasteiger partial charge >= 0.3 is 0 Å². The molecule has 112 valence electrons. The van der Waals surface area contributed by atoms with E-state index in [1.54, 1.807) is 49.3 Å². The van der Waals surface area contributed by atoms with Gasteiger partial charge in [0.2, 0.25) is 0 Å². The Morgan fingerprint density at radius 1 is 0.545 bits per heavy atom. The minimum atomic E-state index is 1.38. The highest BCUT2D eigenvalue weighted by molar-refractivity contribution is 4.88. The van der Waals surface area contributed by atoms with Gasteiger partial charge in [0.15, 0.2) is 6.39 Å². The molecule has 0 amide bonds. The van der Waals surface area contributed by atoms with Crippen LogP contribution in [-0.2, 0) is 0 Å². The molecule has 0 saturated carbocycles. The second-order valence-electron chi connectivity index (χ2n) is 3.29. The van der Waals surface area contributed by atoms with Crippen LogP contribution in [0.15, 0.2) is 102 Å². The van der Waals surface area contributed by atoms with Crippen LogP contribution in [0.2, 0.25) is 0 Å². The third kappa shape index (κ3) is 11.7. The molecule has 0 radical (unpaired) electrons. The number of pyridine rings is 1. The Morgan fingerprint density at radius 2 is 1.32 bits per heavy atom. The zero-order valence-corrected chi connectivity index (χ0v) is 11.7. The summed E-state index contributed by atoms with van der Waals surface area (Å²) in [4.78, 5) is 14.7. The van der Waals surface area contributed by atoms with Gasteiger partial charge < -0.3 is 8.94 Å². The van der Waals surface area contributed by atoms with E-state index in [0.717, 1.165) is 0 Å². The first-order valence-electron chi connectivity index (χ1n) is 6.21. The van der Waals surface area contributed by atoms with Gasteiger partial charge in [0.1, 0.15) is 18.9 Å². The van der Waals surface area contributed by atoms with Gasteiger partial charge in [0.05, 0.1) is 12.4 Å². The highest BCUT2D eigenvalue weighted by Gasteiger charge is 1.61. The third-order valence-electron chi connectivity index (χ3n) is 1.74. The van der Waals surface area contributed by atoms with Crippen LogP contribution in [0.5, 0.6) is 0 Å². The van der Waals surface area contributed by atoms with E-state index in [-0.39, 0.29) is 0 Å². The lowest BCUT2D eigenvalue weighted by atomic mass is 10.5. The van der Waals surface area contributed by atoms with Crippen LogP contribution in [0.4, 0.5) is 0 Å². The van der Waals surface area contributed by atoms with Crippen molar-refractivity contribution in [3.63, 3.8) is 0 Å². The molecule has 4 rings (SSSR count). The largest absolute Gasteiger partial charge is 0.452 e. The van der Waals surface area contributed by atoms with Crippen molar-refractivity contribution in [1.82, 2.24) is 25.1 Å². The van der Waals surface area contributed by atoms with Crippen molar-refractivity contribution in [2.24, 2.45) is 0 Å². The molecule has 7 heteroatoms. The summed E-state index contributed by atoms with van der Waals surface area (Å²) in [5, 5.41) is 3.35. The lowest BCUT2D eigenvalue weighted by Gasteiger charge is -1.70. The minimum Gasteiger partial charge on any atom is -0.452 e. The quantitative estimate of drug-likeness (QED) is 0.492. The molecule has 0 aliphatic heterocycles. The zero-order valence-electron chi connectivity index (χ0n) is 11.7. The normalized spacial score (nSPS) is 8.00. The summed E-state index contributed by atoms with van der Waals surface area (Å²) in [5.41, 5.74) is 0.